The van der Waals surface area contributed by atoms with Gasteiger partial charge in [0.05, 0.1) is 4.47 Å². The van der Waals surface area contributed by atoms with Crippen LogP contribution in [0.2, 0.25) is 0 Å². The van der Waals surface area contributed by atoms with Gasteiger partial charge in [-0.05, 0) is 53.9 Å². The lowest BCUT2D eigenvalue weighted by atomic mass is 9.92. The monoisotopic (exact) mass is 316 g/mol. The van der Waals surface area contributed by atoms with Gasteiger partial charge < -0.3 is 4.74 Å². The fourth-order valence-corrected chi connectivity index (χ4v) is 2.15. The molecule has 18 heavy (non-hydrogen) atoms. The van der Waals surface area contributed by atoms with Crippen LogP contribution in [0.25, 0.3) is 0 Å². The first-order valence-electron chi connectivity index (χ1n) is 6.04. The second-order valence-corrected chi connectivity index (χ2v) is 5.22. The molecule has 0 heterocycles. The van der Waals surface area contributed by atoms with Crippen molar-refractivity contribution in [3.05, 3.63) is 34.1 Å². The van der Waals surface area contributed by atoms with Crippen molar-refractivity contribution in [1.29, 1.82) is 0 Å². The lowest BCUT2D eigenvalue weighted by Gasteiger charge is -2.26. The van der Waals surface area contributed by atoms with Gasteiger partial charge in [-0.25, -0.2) is 4.39 Å². The Balaban J connectivity index is 2.83. The fraction of sp³-hybridized carbons (Fsp3) is 0.500. The van der Waals surface area contributed by atoms with Crippen LogP contribution in [0.1, 0.15) is 32.8 Å². The summed E-state index contributed by atoms with van der Waals surface area (Å²) in [5.41, 5.74) is 0.0305. The molecule has 0 fully saturated rings. The van der Waals surface area contributed by atoms with Crippen LogP contribution in [0.5, 0.6) is 0 Å². The third-order valence-electron chi connectivity index (χ3n) is 3.08. The number of benzene rings is 1. The number of ether oxygens (including phenoxy) is 1. The van der Waals surface area contributed by atoms with Gasteiger partial charge in [0, 0.05) is 13.0 Å². The van der Waals surface area contributed by atoms with Crippen molar-refractivity contribution >= 4 is 21.7 Å². The van der Waals surface area contributed by atoms with E-state index in [1.807, 2.05) is 13.8 Å². The molecule has 0 N–H and O–H groups in total. The maximum absolute atomic E-state index is 13.1. The molecule has 0 aliphatic heterocycles. The Labute approximate surface area is 116 Å². The summed E-state index contributed by atoms with van der Waals surface area (Å²) in [6, 6.07) is 4.62. The molecular formula is C14H18BrFO2. The molecule has 0 bridgehead atoms. The largest absolute Gasteiger partial charge is 0.368 e. The molecule has 1 unspecified atom stereocenters. The van der Waals surface area contributed by atoms with Gasteiger partial charge in [0.2, 0.25) is 0 Å². The van der Waals surface area contributed by atoms with E-state index in [0.717, 1.165) is 5.56 Å². The Morgan fingerprint density at radius 1 is 1.44 bits per heavy atom. The van der Waals surface area contributed by atoms with E-state index in [1.165, 1.54) is 6.07 Å². The molecule has 0 aliphatic rings. The highest BCUT2D eigenvalue weighted by Gasteiger charge is 2.31. The number of Topliss-reactive ketones (excluding diaryl/α,β-unsaturated/α-hetero) is 1. The molecule has 0 aromatic heterocycles. The summed E-state index contributed by atoms with van der Waals surface area (Å²) in [5, 5.41) is 0. The second-order valence-electron chi connectivity index (χ2n) is 4.37. The van der Waals surface area contributed by atoms with Gasteiger partial charge in [0.1, 0.15) is 11.4 Å². The van der Waals surface area contributed by atoms with Gasteiger partial charge in [0.15, 0.2) is 5.78 Å². The number of ketones is 1. The first kappa shape index (κ1) is 15.3. The number of halogens is 2. The molecule has 1 aromatic rings. The molecule has 0 radical (unpaired) electrons. The molecule has 100 valence electrons. The van der Waals surface area contributed by atoms with Gasteiger partial charge in [0.25, 0.3) is 0 Å². The van der Waals surface area contributed by atoms with Crippen molar-refractivity contribution in [2.45, 2.75) is 39.2 Å². The quantitative estimate of drug-likeness (QED) is 0.795. The molecule has 0 saturated heterocycles. The summed E-state index contributed by atoms with van der Waals surface area (Å²) >= 11 is 3.12. The van der Waals surface area contributed by atoms with Crippen LogP contribution in [-0.4, -0.2) is 18.0 Å². The highest BCUT2D eigenvalue weighted by atomic mass is 79.9. The summed E-state index contributed by atoms with van der Waals surface area (Å²) in [7, 11) is 0. The number of hydrogen-bond donors (Lipinski definition) is 0. The van der Waals surface area contributed by atoms with Crippen LogP contribution in [0.4, 0.5) is 4.39 Å². The molecule has 4 heteroatoms. The zero-order chi connectivity index (χ0) is 13.8. The smallest absolute Gasteiger partial charge is 0.168 e. The summed E-state index contributed by atoms with van der Waals surface area (Å²) in [6.45, 7) is 6.10. The minimum absolute atomic E-state index is 0.0189. The Hall–Kier alpha value is -0.740. The van der Waals surface area contributed by atoms with Crippen molar-refractivity contribution in [3.8, 4) is 0 Å². The highest BCUT2D eigenvalue weighted by molar-refractivity contribution is 9.10. The Kier molecular flexibility index (Phi) is 5.47. The fourth-order valence-electron chi connectivity index (χ4n) is 1.72. The highest BCUT2D eigenvalue weighted by Crippen LogP contribution is 2.22. The third-order valence-corrected chi connectivity index (χ3v) is 3.68. The third kappa shape index (κ3) is 3.62. The molecule has 0 saturated carbocycles. The minimum atomic E-state index is -0.754. The molecule has 0 amide bonds. The van der Waals surface area contributed by atoms with E-state index in [1.54, 1.807) is 19.1 Å². The van der Waals surface area contributed by atoms with Gasteiger partial charge in [-0.3, -0.25) is 4.79 Å². The van der Waals surface area contributed by atoms with E-state index in [9.17, 15) is 9.18 Å². The van der Waals surface area contributed by atoms with E-state index >= 15 is 0 Å². The normalized spacial score (nSPS) is 14.3. The number of carbonyl (C=O) groups is 1. The van der Waals surface area contributed by atoms with Crippen LogP contribution in [0.15, 0.2) is 22.7 Å². The molecule has 0 aliphatic carbocycles. The Morgan fingerprint density at radius 3 is 2.61 bits per heavy atom. The Bertz CT molecular complexity index is 434. The molecule has 2 nitrogen and oxygen atoms in total. The molecule has 1 rings (SSSR count). The number of rotatable bonds is 6. The van der Waals surface area contributed by atoms with Gasteiger partial charge in [-0.2, -0.15) is 0 Å². The Morgan fingerprint density at radius 2 is 2.11 bits per heavy atom. The van der Waals surface area contributed by atoms with Crippen LogP contribution in [0.3, 0.4) is 0 Å². The van der Waals surface area contributed by atoms with E-state index < -0.39 is 5.60 Å². The maximum Gasteiger partial charge on any atom is 0.168 e. The second kappa shape index (κ2) is 6.43. The topological polar surface area (TPSA) is 26.3 Å². The van der Waals surface area contributed by atoms with Crippen LogP contribution in [-0.2, 0) is 16.0 Å². The van der Waals surface area contributed by atoms with Crippen LogP contribution in [0, 0.1) is 5.82 Å². The van der Waals surface area contributed by atoms with E-state index in [4.69, 9.17) is 4.74 Å². The summed E-state index contributed by atoms with van der Waals surface area (Å²) in [4.78, 5) is 12.2. The first-order chi connectivity index (χ1) is 8.42. The van der Waals surface area contributed by atoms with Crippen molar-refractivity contribution in [2.75, 3.05) is 6.61 Å². The van der Waals surface area contributed by atoms with Crippen molar-refractivity contribution < 1.29 is 13.9 Å². The van der Waals surface area contributed by atoms with Gasteiger partial charge in [-0.15, -0.1) is 0 Å². The van der Waals surface area contributed by atoms with E-state index in [2.05, 4.69) is 15.9 Å². The minimum Gasteiger partial charge on any atom is -0.368 e. The first-order valence-corrected chi connectivity index (χ1v) is 6.83. The number of hydrogen-bond acceptors (Lipinski definition) is 2. The zero-order valence-corrected chi connectivity index (χ0v) is 12.5. The maximum atomic E-state index is 13.1. The number of carbonyl (C=O) groups excluding carboxylic acids is 1. The average Bonchev–Trinajstić information content (AvgIpc) is 2.34. The predicted molar refractivity (Wildman–Crippen MR) is 73.1 cm³/mol. The summed E-state index contributed by atoms with van der Waals surface area (Å²) < 4.78 is 19.0. The van der Waals surface area contributed by atoms with Crippen molar-refractivity contribution in [2.24, 2.45) is 0 Å². The van der Waals surface area contributed by atoms with Gasteiger partial charge in [-0.1, -0.05) is 13.0 Å². The lowest BCUT2D eigenvalue weighted by Crippen LogP contribution is -2.39. The van der Waals surface area contributed by atoms with Gasteiger partial charge >= 0.3 is 0 Å². The summed E-state index contributed by atoms with van der Waals surface area (Å²) in [5.74, 6) is -0.306. The van der Waals surface area contributed by atoms with Crippen molar-refractivity contribution in [1.82, 2.24) is 0 Å². The SMILES string of the molecule is CCOC(C)(CC)C(=O)Cc1ccc(F)c(Br)c1. The van der Waals surface area contributed by atoms with E-state index in [0.29, 0.717) is 17.5 Å². The molecule has 0 spiro atoms. The zero-order valence-electron chi connectivity index (χ0n) is 10.9. The average molecular weight is 317 g/mol. The molecular weight excluding hydrogens is 299 g/mol. The summed E-state index contributed by atoms with van der Waals surface area (Å²) in [6.07, 6.45) is 0.880. The predicted octanol–water partition coefficient (Wildman–Crippen LogP) is 3.91. The van der Waals surface area contributed by atoms with E-state index in [-0.39, 0.29) is 18.0 Å². The van der Waals surface area contributed by atoms with Crippen molar-refractivity contribution in [3.63, 3.8) is 0 Å². The van der Waals surface area contributed by atoms with Crippen LogP contribution >= 0.6 is 15.9 Å². The lowest BCUT2D eigenvalue weighted by molar-refractivity contribution is -0.141. The standard InChI is InChI=1S/C14H18BrFO2/c1-4-14(3,18-5-2)13(17)9-10-6-7-12(16)11(15)8-10/h6-8H,4-5,9H2,1-3H3. The molecule has 1 aromatic carbocycles. The van der Waals surface area contributed by atoms with Crippen LogP contribution < -0.4 is 0 Å². The molecule has 1 atom stereocenters.